The average molecular weight is 254 g/mol. The topological polar surface area (TPSA) is 65.4 Å². The van der Waals surface area contributed by atoms with Gasteiger partial charge in [0.25, 0.3) is 0 Å². The molecule has 3 rings (SSSR count). The van der Waals surface area contributed by atoms with E-state index in [2.05, 4.69) is 10.1 Å². The summed E-state index contributed by atoms with van der Waals surface area (Å²) in [5.74, 6) is 1.10. The van der Waals surface area contributed by atoms with E-state index in [-0.39, 0.29) is 0 Å². The summed E-state index contributed by atoms with van der Waals surface area (Å²) in [6, 6.07) is 7.59. The largest absolute Gasteiger partial charge is 0.435 e. The first kappa shape index (κ1) is 11.5. The SMILES string of the molecule is Cc1ccc(Oc2nccn3nc(C)cc23)c(N)c1. The highest BCUT2D eigenvalue weighted by atomic mass is 16.5. The minimum atomic E-state index is 0.499. The van der Waals surface area contributed by atoms with Crippen LogP contribution in [0.15, 0.2) is 36.7 Å². The number of benzene rings is 1. The Hall–Kier alpha value is -2.56. The Balaban J connectivity index is 2.05. The van der Waals surface area contributed by atoms with Gasteiger partial charge in [-0.15, -0.1) is 0 Å². The minimum absolute atomic E-state index is 0.499. The molecule has 0 bridgehead atoms. The Morgan fingerprint density at radius 3 is 2.84 bits per heavy atom. The van der Waals surface area contributed by atoms with Gasteiger partial charge in [0.05, 0.1) is 11.4 Å². The molecule has 0 atom stereocenters. The molecule has 2 heterocycles. The first-order valence-electron chi connectivity index (χ1n) is 5.98. The van der Waals surface area contributed by atoms with E-state index in [0.29, 0.717) is 17.3 Å². The van der Waals surface area contributed by atoms with Crippen LogP contribution >= 0.6 is 0 Å². The molecule has 0 fully saturated rings. The second kappa shape index (κ2) is 4.28. The smallest absolute Gasteiger partial charge is 0.245 e. The van der Waals surface area contributed by atoms with Crippen molar-refractivity contribution in [1.29, 1.82) is 0 Å². The summed E-state index contributed by atoms with van der Waals surface area (Å²) in [6.07, 6.45) is 3.44. The quantitative estimate of drug-likeness (QED) is 0.714. The molecule has 0 spiro atoms. The van der Waals surface area contributed by atoms with Crippen LogP contribution in [0.25, 0.3) is 5.52 Å². The van der Waals surface area contributed by atoms with Crippen LogP contribution in [0.5, 0.6) is 11.6 Å². The normalized spacial score (nSPS) is 10.8. The zero-order valence-electron chi connectivity index (χ0n) is 10.8. The lowest BCUT2D eigenvalue weighted by Gasteiger charge is -2.08. The number of ether oxygens (including phenoxy) is 1. The Morgan fingerprint density at radius 1 is 1.21 bits per heavy atom. The van der Waals surface area contributed by atoms with Crippen molar-refractivity contribution in [2.24, 2.45) is 0 Å². The molecule has 5 heteroatoms. The number of fused-ring (bicyclic) bond motifs is 1. The predicted octanol–water partition coefficient (Wildman–Crippen LogP) is 2.72. The highest BCUT2D eigenvalue weighted by Gasteiger charge is 2.09. The van der Waals surface area contributed by atoms with Gasteiger partial charge in [-0.05, 0) is 37.6 Å². The lowest BCUT2D eigenvalue weighted by atomic mass is 10.2. The Labute approximate surface area is 110 Å². The molecule has 0 aliphatic rings. The average Bonchev–Trinajstić information content (AvgIpc) is 2.74. The fraction of sp³-hybridized carbons (Fsp3) is 0.143. The Bertz CT molecular complexity index is 748. The lowest BCUT2D eigenvalue weighted by molar-refractivity contribution is 0.467. The summed E-state index contributed by atoms with van der Waals surface area (Å²) in [5.41, 5.74) is 9.37. The number of nitrogen functional groups attached to an aromatic ring is 1. The number of anilines is 1. The maximum absolute atomic E-state index is 5.94. The monoisotopic (exact) mass is 254 g/mol. The van der Waals surface area contributed by atoms with Crippen molar-refractivity contribution in [2.45, 2.75) is 13.8 Å². The molecule has 3 aromatic rings. The van der Waals surface area contributed by atoms with Crippen molar-refractivity contribution in [3.8, 4) is 11.6 Å². The van der Waals surface area contributed by atoms with Gasteiger partial charge in [0.1, 0.15) is 5.52 Å². The van der Waals surface area contributed by atoms with Crippen LogP contribution in [0.2, 0.25) is 0 Å². The van der Waals surface area contributed by atoms with Gasteiger partial charge in [0, 0.05) is 12.4 Å². The van der Waals surface area contributed by atoms with Gasteiger partial charge >= 0.3 is 0 Å². The molecule has 2 aromatic heterocycles. The third-order valence-electron chi connectivity index (χ3n) is 2.85. The minimum Gasteiger partial charge on any atom is -0.435 e. The number of hydrogen-bond acceptors (Lipinski definition) is 4. The van der Waals surface area contributed by atoms with Crippen molar-refractivity contribution in [3.05, 3.63) is 47.9 Å². The summed E-state index contributed by atoms with van der Waals surface area (Å²) >= 11 is 0. The van der Waals surface area contributed by atoms with Crippen molar-refractivity contribution in [3.63, 3.8) is 0 Å². The second-order valence-corrected chi connectivity index (χ2v) is 4.49. The van der Waals surface area contributed by atoms with E-state index in [1.54, 1.807) is 16.9 Å². The van der Waals surface area contributed by atoms with Gasteiger partial charge < -0.3 is 10.5 Å². The number of hydrogen-bond donors (Lipinski definition) is 1. The molecule has 5 nitrogen and oxygen atoms in total. The van der Waals surface area contributed by atoms with Crippen LogP contribution in [0.3, 0.4) is 0 Å². The van der Waals surface area contributed by atoms with E-state index < -0.39 is 0 Å². The predicted molar refractivity (Wildman–Crippen MR) is 73.4 cm³/mol. The van der Waals surface area contributed by atoms with Crippen LogP contribution in [-0.4, -0.2) is 14.6 Å². The van der Waals surface area contributed by atoms with Gasteiger partial charge in [0.2, 0.25) is 5.88 Å². The number of aromatic nitrogens is 3. The molecule has 2 N–H and O–H groups in total. The Morgan fingerprint density at radius 2 is 2.05 bits per heavy atom. The molecule has 96 valence electrons. The standard InChI is InChI=1S/C14H14N4O/c1-9-3-4-13(11(15)7-9)19-14-12-8-10(2)17-18(12)6-5-16-14/h3-8H,15H2,1-2H3. The summed E-state index contributed by atoms with van der Waals surface area (Å²) in [6.45, 7) is 3.91. The van der Waals surface area contributed by atoms with Crippen molar-refractivity contribution in [1.82, 2.24) is 14.6 Å². The van der Waals surface area contributed by atoms with Crippen LogP contribution in [0.1, 0.15) is 11.3 Å². The van der Waals surface area contributed by atoms with E-state index in [4.69, 9.17) is 10.5 Å². The molecular weight excluding hydrogens is 240 g/mol. The van der Waals surface area contributed by atoms with E-state index in [0.717, 1.165) is 16.8 Å². The zero-order valence-corrected chi connectivity index (χ0v) is 10.8. The molecule has 1 aromatic carbocycles. The summed E-state index contributed by atoms with van der Waals surface area (Å²) in [4.78, 5) is 4.24. The fourth-order valence-corrected chi connectivity index (χ4v) is 1.96. The van der Waals surface area contributed by atoms with Gasteiger partial charge in [-0.25, -0.2) is 9.50 Å². The molecule has 0 amide bonds. The van der Waals surface area contributed by atoms with E-state index in [1.165, 1.54) is 0 Å². The maximum atomic E-state index is 5.94. The number of nitrogens with two attached hydrogens (primary N) is 1. The number of nitrogens with zero attached hydrogens (tertiary/aromatic N) is 3. The van der Waals surface area contributed by atoms with Gasteiger partial charge in [-0.2, -0.15) is 5.10 Å². The highest BCUT2D eigenvalue weighted by molar-refractivity contribution is 5.61. The van der Waals surface area contributed by atoms with Crippen LogP contribution in [-0.2, 0) is 0 Å². The summed E-state index contributed by atoms with van der Waals surface area (Å²) in [7, 11) is 0. The van der Waals surface area contributed by atoms with Crippen LogP contribution < -0.4 is 10.5 Å². The first-order valence-corrected chi connectivity index (χ1v) is 5.98. The third kappa shape index (κ3) is 2.10. The van der Waals surface area contributed by atoms with Gasteiger partial charge in [-0.3, -0.25) is 0 Å². The maximum Gasteiger partial charge on any atom is 0.245 e. The lowest BCUT2D eigenvalue weighted by Crippen LogP contribution is -1.96. The fourth-order valence-electron chi connectivity index (χ4n) is 1.96. The van der Waals surface area contributed by atoms with E-state index in [9.17, 15) is 0 Å². The molecule has 0 radical (unpaired) electrons. The molecule has 0 saturated carbocycles. The number of aryl methyl sites for hydroxylation is 2. The molecule has 0 aliphatic heterocycles. The Kier molecular flexibility index (Phi) is 2.59. The molecule has 0 aliphatic carbocycles. The second-order valence-electron chi connectivity index (χ2n) is 4.49. The van der Waals surface area contributed by atoms with Crippen molar-refractivity contribution in [2.75, 3.05) is 5.73 Å². The van der Waals surface area contributed by atoms with Gasteiger partial charge in [0.15, 0.2) is 5.75 Å². The summed E-state index contributed by atoms with van der Waals surface area (Å²) in [5, 5.41) is 4.32. The molecule has 0 saturated heterocycles. The molecule has 0 unspecified atom stereocenters. The van der Waals surface area contributed by atoms with Crippen LogP contribution in [0.4, 0.5) is 5.69 Å². The third-order valence-corrected chi connectivity index (χ3v) is 2.85. The van der Waals surface area contributed by atoms with E-state index >= 15 is 0 Å². The highest BCUT2D eigenvalue weighted by Crippen LogP contribution is 2.29. The first-order chi connectivity index (χ1) is 9.13. The van der Waals surface area contributed by atoms with Crippen LogP contribution in [0, 0.1) is 13.8 Å². The molecule has 19 heavy (non-hydrogen) atoms. The van der Waals surface area contributed by atoms with Gasteiger partial charge in [-0.1, -0.05) is 6.07 Å². The van der Waals surface area contributed by atoms with E-state index in [1.807, 2.05) is 38.1 Å². The van der Waals surface area contributed by atoms with Crippen molar-refractivity contribution < 1.29 is 4.74 Å². The number of rotatable bonds is 2. The zero-order chi connectivity index (χ0) is 13.4. The van der Waals surface area contributed by atoms with Crippen molar-refractivity contribution >= 4 is 11.2 Å². The summed E-state index contributed by atoms with van der Waals surface area (Å²) < 4.78 is 7.53. The molecular formula is C14H14N4O.